The van der Waals surface area contributed by atoms with Crippen LogP contribution in [0.5, 0.6) is 46.0 Å². The predicted octanol–water partition coefficient (Wildman–Crippen LogP) is 25.6. The third kappa shape index (κ3) is 25.6. The number of para-hydroxylation sites is 3. The summed E-state index contributed by atoms with van der Waals surface area (Å²) in [6.45, 7) is 59.1. The number of fused-ring (bicyclic) bond motifs is 8. The van der Waals surface area contributed by atoms with Gasteiger partial charge in [0.2, 0.25) is 13.6 Å². The zero-order valence-corrected chi connectivity index (χ0v) is 71.8. The molecule has 0 atom stereocenters. The molecule has 5 aliphatic rings. The minimum atomic E-state index is -3.54. The second-order valence-corrected chi connectivity index (χ2v) is 36.9. The summed E-state index contributed by atoms with van der Waals surface area (Å²) in [6, 6.07) is 54.8. The summed E-state index contributed by atoms with van der Waals surface area (Å²) in [5, 5.41) is 5.00. The molecule has 13 nitrogen and oxygen atoms in total. The van der Waals surface area contributed by atoms with Gasteiger partial charge in [0.1, 0.15) is 24.7 Å². The van der Waals surface area contributed by atoms with Gasteiger partial charge in [-0.2, -0.15) is 0 Å². The van der Waals surface area contributed by atoms with Crippen LogP contribution in [0.15, 0.2) is 213 Å². The molecule has 3 aromatic heterocycles. The van der Waals surface area contributed by atoms with Crippen LogP contribution in [0.25, 0.3) is 32.6 Å². The van der Waals surface area contributed by atoms with Crippen LogP contribution in [0.4, 0.5) is 14.5 Å². The molecule has 602 valence electrons. The zero-order valence-electron chi connectivity index (χ0n) is 71.8. The molecule has 0 saturated heterocycles. The Morgan fingerprint density at radius 1 is 0.425 bits per heavy atom. The maximum atomic E-state index is 12.9. The minimum Gasteiger partial charge on any atom is -0.490 e. The Labute approximate surface area is 672 Å². The molecule has 0 radical (unpaired) electrons. The van der Waals surface area contributed by atoms with Crippen molar-refractivity contribution in [1.82, 2.24) is 19.9 Å². The quantitative estimate of drug-likeness (QED) is 0.145. The fraction of sp³-hybridized carbons (Fsp3) is 0.408. The number of nitrogens with zero attached hydrogens (tertiary/aromatic N) is 5. The highest BCUT2D eigenvalue weighted by atomic mass is 19.3. The van der Waals surface area contributed by atoms with Gasteiger partial charge < -0.3 is 42.8 Å². The van der Waals surface area contributed by atoms with Crippen LogP contribution in [0, 0.1) is 5.41 Å². The number of hydrogen-bond donors (Lipinski definition) is 0. The molecule has 0 saturated carbocycles. The van der Waals surface area contributed by atoms with Crippen LogP contribution in [0.1, 0.15) is 217 Å². The Hall–Kier alpha value is -10.3. The minimum absolute atomic E-state index is 0.104. The van der Waals surface area contributed by atoms with Crippen molar-refractivity contribution in [2.45, 2.75) is 217 Å². The van der Waals surface area contributed by atoms with Crippen LogP contribution in [0.2, 0.25) is 0 Å². The fourth-order valence-corrected chi connectivity index (χ4v) is 12.6. The first-order valence-electron chi connectivity index (χ1n) is 39.2. The Morgan fingerprint density at radius 3 is 1.55 bits per heavy atom. The molecule has 0 fully saturated rings. The number of benzene rings is 8. The smallest absolute Gasteiger partial charge is 0.490 e. The van der Waals surface area contributed by atoms with Gasteiger partial charge in [0.05, 0.1) is 23.3 Å². The number of aromatic nitrogens is 4. The Morgan fingerprint density at radius 2 is 0.929 bits per heavy atom. The lowest BCUT2D eigenvalue weighted by molar-refractivity contribution is -0.287. The van der Waals surface area contributed by atoms with Crippen molar-refractivity contribution in [2.24, 2.45) is 5.41 Å². The van der Waals surface area contributed by atoms with Crippen LogP contribution < -0.4 is 42.8 Å². The normalized spacial score (nSPS) is 14.1. The highest BCUT2D eigenvalue weighted by molar-refractivity contribution is 5.85. The second-order valence-electron chi connectivity index (χ2n) is 36.9. The maximum Gasteiger partial charge on any atom is 0.586 e. The van der Waals surface area contributed by atoms with Gasteiger partial charge >= 0.3 is 6.29 Å². The molecule has 113 heavy (non-hydrogen) atoms. The molecule has 11 aromatic rings. The van der Waals surface area contributed by atoms with Crippen molar-refractivity contribution in [2.75, 3.05) is 45.3 Å². The summed E-state index contributed by atoms with van der Waals surface area (Å²) in [4.78, 5) is 19.0. The Balaban J connectivity index is 0.000000161. The van der Waals surface area contributed by atoms with E-state index in [0.29, 0.717) is 31.5 Å². The van der Waals surface area contributed by atoms with Gasteiger partial charge in [-0.15, -0.1) is 8.78 Å². The summed E-state index contributed by atoms with van der Waals surface area (Å²) >= 11 is 0. The van der Waals surface area contributed by atoms with Crippen LogP contribution in [-0.2, 0) is 38.9 Å². The second kappa shape index (κ2) is 37.1. The van der Waals surface area contributed by atoms with E-state index in [-0.39, 0.29) is 44.0 Å². The number of pyridine rings is 2. The lowest BCUT2D eigenvalue weighted by Crippen LogP contribution is -2.29. The predicted molar refractivity (Wildman–Crippen MR) is 462 cm³/mol. The van der Waals surface area contributed by atoms with Gasteiger partial charge in [0.15, 0.2) is 34.5 Å². The standard InChI is InChI=1S/C14H18O.C13H19NO.C12H14N2.C12H13N.C11H12F2O2.2C11H14O2.C9H7N.C5H12/c1-10-8-11-12(14(2,3)4)6-5-7-13(11)15-9-10;1-13(2,3)10-5-6-11-12(9-10)15-8-7-14(11)4;1-12(2,3)9-5-4-6-10-11(9)14-8-7-13-10;1-9(2)11-5-3-4-10-8-13-7-6-12(10)11;1-10(2,3)7-5-4-6-8-9(7)15-11(12,13)14-8;1-11(2,3)8-4-5-9-10(6-8)13-7-12-9;1-11(2,3)8-5-4-6-9-10(8)13-7-12-9;1-2-4-9-7-10-6-5-8(9)3-1;1-5(2,3)4/h5-7H,1,8-9H2,2-4H3;5-6,9H,7-8H2,1-4H3;4-8H,1-3H3;3-9H,1-2H3;4-6H,1-3H3;2*4-6H,7H2,1-3H3;1-7H;1-4H3. The molecule has 0 unspecified atom stereocenters. The summed E-state index contributed by atoms with van der Waals surface area (Å²) in [5.74, 6) is 6.39. The van der Waals surface area contributed by atoms with Gasteiger partial charge in [-0.05, 0) is 154 Å². The first-order chi connectivity index (χ1) is 52.8. The molecule has 0 bridgehead atoms. The topological polar surface area (TPSA) is 129 Å². The lowest BCUT2D eigenvalue weighted by Gasteiger charge is -2.29. The molecule has 0 N–H and O–H groups in total. The van der Waals surface area contributed by atoms with E-state index in [1.165, 1.54) is 77.8 Å². The SMILES string of the molecule is C=C1COc2cccc(C(C)(C)C)c2C1.CC(C)(C)C.CC(C)(C)c1ccc2c(c1)OCO2.CC(C)(C)c1cccc2c1OC(F)(F)O2.CC(C)(C)c1cccc2c1OCO2.CC(C)(C)c1cccc2nccnc12.CC(C)c1cccc2cnccc12.CN1CCOc2cc(C(C)(C)C)ccc21.c1ccc2cnccc2c1. The average Bonchev–Trinajstić information content (AvgIpc) is 1.72. The number of ether oxygens (including phenoxy) is 8. The first-order valence-corrected chi connectivity index (χ1v) is 39.2. The molecule has 8 heterocycles. The largest absolute Gasteiger partial charge is 0.586 e. The van der Waals surface area contributed by atoms with Crippen LogP contribution in [-0.4, -0.2) is 66.6 Å². The van der Waals surface area contributed by atoms with Crippen molar-refractivity contribution >= 4 is 38.3 Å². The van der Waals surface area contributed by atoms with E-state index in [9.17, 15) is 8.78 Å². The number of anilines is 1. The fourth-order valence-electron chi connectivity index (χ4n) is 12.6. The van der Waals surface area contributed by atoms with Gasteiger partial charge in [-0.3, -0.25) is 19.9 Å². The van der Waals surface area contributed by atoms with Crippen molar-refractivity contribution in [3.63, 3.8) is 0 Å². The van der Waals surface area contributed by atoms with E-state index in [4.69, 9.17) is 28.4 Å². The van der Waals surface area contributed by atoms with E-state index in [2.05, 4.69) is 290 Å². The molecular weight excluding hydrogens is 1410 g/mol. The number of halogens is 2. The van der Waals surface area contributed by atoms with Crippen molar-refractivity contribution in [3.8, 4) is 46.0 Å². The maximum absolute atomic E-state index is 12.9. The number of hydrogen-bond acceptors (Lipinski definition) is 13. The number of likely N-dealkylation sites (N-methyl/N-ethyl adjacent to an activating group) is 1. The average molecular weight is 1540 g/mol. The van der Waals surface area contributed by atoms with E-state index in [1.54, 1.807) is 24.5 Å². The van der Waals surface area contributed by atoms with Crippen molar-refractivity contribution in [3.05, 3.63) is 258 Å². The van der Waals surface area contributed by atoms with Gasteiger partial charge in [-0.25, -0.2) is 0 Å². The Kier molecular flexibility index (Phi) is 29.0. The van der Waals surface area contributed by atoms with Crippen molar-refractivity contribution in [1.29, 1.82) is 0 Å². The molecular formula is C98H123F2N5O8. The molecule has 0 spiro atoms. The molecule has 5 aliphatic heterocycles. The van der Waals surface area contributed by atoms with Gasteiger partial charge in [0, 0.05) is 72.7 Å². The molecule has 0 aliphatic carbocycles. The highest BCUT2D eigenvalue weighted by Gasteiger charge is 2.45. The first kappa shape index (κ1) is 88.3. The zero-order chi connectivity index (χ0) is 83.1. The summed E-state index contributed by atoms with van der Waals surface area (Å²) in [6.07, 6.45) is 8.35. The van der Waals surface area contributed by atoms with E-state index in [1.807, 2.05) is 94.1 Å². The number of rotatable bonds is 1. The summed E-state index contributed by atoms with van der Waals surface area (Å²) < 4.78 is 67.3. The monoisotopic (exact) mass is 1540 g/mol. The van der Waals surface area contributed by atoms with Crippen molar-refractivity contribution < 1.29 is 46.7 Å². The van der Waals surface area contributed by atoms with E-state index in [0.717, 1.165) is 70.7 Å². The molecule has 15 heteroatoms. The molecule has 0 amide bonds. The summed E-state index contributed by atoms with van der Waals surface area (Å²) in [5.41, 5.74) is 15.2. The third-order valence-corrected chi connectivity index (χ3v) is 18.6. The van der Waals surface area contributed by atoms with Gasteiger partial charge in [0.25, 0.3) is 0 Å². The summed E-state index contributed by atoms with van der Waals surface area (Å²) in [7, 11) is 2.11. The van der Waals surface area contributed by atoms with Gasteiger partial charge in [-0.1, -0.05) is 276 Å². The van der Waals surface area contributed by atoms with Crippen LogP contribution >= 0.6 is 0 Å². The van der Waals surface area contributed by atoms with E-state index < -0.39 is 6.29 Å². The third-order valence-electron chi connectivity index (χ3n) is 18.6. The lowest BCUT2D eigenvalue weighted by atomic mass is 9.81. The number of alkyl halides is 2. The van der Waals surface area contributed by atoms with E-state index >= 15 is 0 Å². The molecule has 16 rings (SSSR count). The Bertz CT molecular complexity index is 4880. The highest BCUT2D eigenvalue weighted by Crippen LogP contribution is 2.48. The molecule has 8 aromatic carbocycles. The van der Waals surface area contributed by atoms with Crippen LogP contribution in [0.3, 0.4) is 0 Å².